The molecule has 0 aliphatic carbocycles. The third-order valence-corrected chi connectivity index (χ3v) is 10.8. The van der Waals surface area contributed by atoms with Crippen molar-refractivity contribution in [1.29, 1.82) is 0 Å². The quantitative estimate of drug-likeness (QED) is 0.174. The molecule has 0 aliphatic rings. The Labute approximate surface area is 294 Å². The summed E-state index contributed by atoms with van der Waals surface area (Å²) >= 11 is 0. The van der Waals surface area contributed by atoms with Crippen LogP contribution in [0.1, 0.15) is 0 Å². The number of furan rings is 1. The molecule has 1 nitrogen and oxygen atoms in total. The Kier molecular flexibility index (Phi) is 6.02. The predicted octanol–water partition coefficient (Wildman–Crippen LogP) is 14.4. The van der Waals surface area contributed by atoms with Gasteiger partial charge in [0.15, 0.2) is 0 Å². The minimum absolute atomic E-state index is 0.905. The van der Waals surface area contributed by atoms with E-state index in [9.17, 15) is 0 Å². The van der Waals surface area contributed by atoms with Crippen molar-refractivity contribution >= 4 is 75.8 Å². The maximum atomic E-state index is 6.37. The summed E-state index contributed by atoms with van der Waals surface area (Å²) in [6, 6.07) is 66.4. The lowest BCUT2D eigenvalue weighted by atomic mass is 9.91. The highest BCUT2D eigenvalue weighted by molar-refractivity contribution is 6.16. The maximum Gasteiger partial charge on any atom is 0.135 e. The first-order valence-electron chi connectivity index (χ1n) is 17.6. The summed E-state index contributed by atoms with van der Waals surface area (Å²) in [5.41, 5.74) is 9.12. The van der Waals surface area contributed by atoms with Gasteiger partial charge in [-0.2, -0.15) is 0 Å². The molecule has 0 aliphatic heterocycles. The van der Waals surface area contributed by atoms with E-state index in [1.54, 1.807) is 0 Å². The minimum Gasteiger partial charge on any atom is -0.456 e. The summed E-state index contributed by atoms with van der Waals surface area (Å²) in [5.74, 6) is 0. The zero-order valence-electron chi connectivity index (χ0n) is 27.7. The molecule has 1 aromatic heterocycles. The van der Waals surface area contributed by atoms with Crippen LogP contribution in [0, 0.1) is 0 Å². The van der Waals surface area contributed by atoms with Crippen molar-refractivity contribution in [3.05, 3.63) is 182 Å². The molecule has 0 fully saturated rings. The molecule has 0 N–H and O–H groups in total. The SMILES string of the molecule is c1ccc2c(c1)cc(-c1ccc3cc(-c4ccc5oc6ccc(-c7cc8ccccc8c8ccccc78)cc6c5c4)ccc3c1)c1ccccc12. The molecule has 0 unspecified atom stereocenters. The average molecular weight is 647 g/mol. The van der Waals surface area contributed by atoms with E-state index >= 15 is 0 Å². The maximum absolute atomic E-state index is 6.37. The summed E-state index contributed by atoms with van der Waals surface area (Å²) in [5, 5.41) is 14.9. The second-order valence-electron chi connectivity index (χ2n) is 13.7. The van der Waals surface area contributed by atoms with Crippen molar-refractivity contribution in [3.8, 4) is 33.4 Å². The van der Waals surface area contributed by atoms with Crippen LogP contribution in [0.5, 0.6) is 0 Å². The molecule has 1 heteroatoms. The summed E-state index contributed by atoms with van der Waals surface area (Å²) in [4.78, 5) is 0. The van der Waals surface area contributed by atoms with E-state index in [4.69, 9.17) is 4.42 Å². The second kappa shape index (κ2) is 10.9. The van der Waals surface area contributed by atoms with E-state index in [2.05, 4.69) is 182 Å². The lowest BCUT2D eigenvalue weighted by Crippen LogP contribution is -1.86. The Balaban J connectivity index is 1.01. The van der Waals surface area contributed by atoms with Crippen molar-refractivity contribution in [3.63, 3.8) is 0 Å². The zero-order valence-corrected chi connectivity index (χ0v) is 27.7. The van der Waals surface area contributed by atoms with E-state index in [-0.39, 0.29) is 0 Å². The first kappa shape index (κ1) is 28.2. The predicted molar refractivity (Wildman–Crippen MR) is 218 cm³/mol. The molecule has 0 spiro atoms. The van der Waals surface area contributed by atoms with E-state index in [1.165, 1.54) is 87.2 Å². The van der Waals surface area contributed by atoms with Crippen LogP contribution in [0.25, 0.3) is 109 Å². The Bertz CT molecular complexity index is 3200. The zero-order chi connectivity index (χ0) is 33.5. The van der Waals surface area contributed by atoms with Gasteiger partial charge in [-0.05, 0) is 136 Å². The standard InChI is InChI=1S/C50H30O/c1-3-11-39-35(9-1)28-45(43-15-7-5-13-41(39)43)37-20-19-31-25-32(17-18-33(31)26-37)34-21-23-49-47(27-34)48-30-38(22-24-50(48)51-49)46-29-36-10-2-4-12-40(36)42-14-6-8-16-44(42)46/h1-30H. The highest BCUT2D eigenvalue weighted by Crippen LogP contribution is 2.40. The molecule has 236 valence electrons. The third kappa shape index (κ3) is 4.42. The van der Waals surface area contributed by atoms with E-state index < -0.39 is 0 Å². The van der Waals surface area contributed by atoms with E-state index in [0.717, 1.165) is 21.9 Å². The third-order valence-electron chi connectivity index (χ3n) is 10.8. The molecule has 0 bridgehead atoms. The van der Waals surface area contributed by atoms with Crippen molar-refractivity contribution in [1.82, 2.24) is 0 Å². The molecule has 51 heavy (non-hydrogen) atoms. The van der Waals surface area contributed by atoms with Crippen LogP contribution in [0.2, 0.25) is 0 Å². The molecule has 0 atom stereocenters. The Hall–Kier alpha value is -6.70. The fourth-order valence-corrected chi connectivity index (χ4v) is 8.30. The van der Waals surface area contributed by atoms with Crippen LogP contribution in [-0.4, -0.2) is 0 Å². The van der Waals surface area contributed by atoms with Gasteiger partial charge in [-0.25, -0.2) is 0 Å². The van der Waals surface area contributed by atoms with Gasteiger partial charge in [0.25, 0.3) is 0 Å². The molecular weight excluding hydrogens is 617 g/mol. The van der Waals surface area contributed by atoms with Crippen molar-refractivity contribution in [2.75, 3.05) is 0 Å². The van der Waals surface area contributed by atoms with Gasteiger partial charge in [-0.1, -0.05) is 133 Å². The van der Waals surface area contributed by atoms with Gasteiger partial charge in [0.05, 0.1) is 0 Å². The van der Waals surface area contributed by atoms with Crippen LogP contribution >= 0.6 is 0 Å². The van der Waals surface area contributed by atoms with Crippen LogP contribution in [-0.2, 0) is 0 Å². The molecule has 10 aromatic carbocycles. The minimum atomic E-state index is 0.905. The number of hydrogen-bond donors (Lipinski definition) is 0. The summed E-state index contributed by atoms with van der Waals surface area (Å²) in [6.07, 6.45) is 0. The highest BCUT2D eigenvalue weighted by Gasteiger charge is 2.14. The van der Waals surface area contributed by atoms with Crippen molar-refractivity contribution in [2.24, 2.45) is 0 Å². The summed E-state index contributed by atoms with van der Waals surface area (Å²) in [7, 11) is 0. The molecule has 11 rings (SSSR count). The molecule has 0 saturated heterocycles. The molecule has 0 saturated carbocycles. The van der Waals surface area contributed by atoms with Crippen LogP contribution in [0.4, 0.5) is 0 Å². The van der Waals surface area contributed by atoms with E-state index in [1.807, 2.05) is 0 Å². The Morgan fingerprint density at radius 2 is 0.627 bits per heavy atom. The first-order chi connectivity index (χ1) is 25.2. The Morgan fingerprint density at radius 3 is 1.22 bits per heavy atom. The number of rotatable bonds is 3. The number of hydrogen-bond acceptors (Lipinski definition) is 1. The normalized spacial score (nSPS) is 11.9. The Morgan fingerprint density at radius 1 is 0.235 bits per heavy atom. The molecular formula is C50H30O. The van der Waals surface area contributed by atoms with E-state index in [0.29, 0.717) is 0 Å². The second-order valence-corrected chi connectivity index (χ2v) is 13.7. The number of benzene rings is 10. The topological polar surface area (TPSA) is 13.1 Å². The lowest BCUT2D eigenvalue weighted by molar-refractivity contribution is 0.669. The molecule has 0 amide bonds. The fraction of sp³-hybridized carbons (Fsp3) is 0. The average Bonchev–Trinajstić information content (AvgIpc) is 3.57. The van der Waals surface area contributed by atoms with Crippen molar-refractivity contribution < 1.29 is 4.42 Å². The van der Waals surface area contributed by atoms with Gasteiger partial charge in [-0.15, -0.1) is 0 Å². The summed E-state index contributed by atoms with van der Waals surface area (Å²) < 4.78 is 6.37. The smallest absolute Gasteiger partial charge is 0.135 e. The molecule has 11 aromatic rings. The van der Waals surface area contributed by atoms with Crippen LogP contribution in [0.3, 0.4) is 0 Å². The largest absolute Gasteiger partial charge is 0.456 e. The monoisotopic (exact) mass is 646 g/mol. The highest BCUT2D eigenvalue weighted by atomic mass is 16.3. The van der Waals surface area contributed by atoms with Gasteiger partial charge in [0.2, 0.25) is 0 Å². The fourth-order valence-electron chi connectivity index (χ4n) is 8.30. The molecule has 1 heterocycles. The van der Waals surface area contributed by atoms with Gasteiger partial charge in [0.1, 0.15) is 11.2 Å². The molecule has 0 radical (unpaired) electrons. The summed E-state index contributed by atoms with van der Waals surface area (Å²) in [6.45, 7) is 0. The lowest BCUT2D eigenvalue weighted by Gasteiger charge is -2.12. The van der Waals surface area contributed by atoms with Gasteiger partial charge >= 0.3 is 0 Å². The first-order valence-corrected chi connectivity index (χ1v) is 17.6. The van der Waals surface area contributed by atoms with Gasteiger partial charge in [-0.3, -0.25) is 0 Å². The number of fused-ring (bicyclic) bond motifs is 10. The van der Waals surface area contributed by atoms with Gasteiger partial charge in [0, 0.05) is 10.8 Å². The van der Waals surface area contributed by atoms with Crippen LogP contribution < -0.4 is 0 Å². The van der Waals surface area contributed by atoms with Crippen LogP contribution in [0.15, 0.2) is 186 Å². The van der Waals surface area contributed by atoms with Gasteiger partial charge < -0.3 is 4.42 Å². The van der Waals surface area contributed by atoms with Crippen molar-refractivity contribution in [2.45, 2.75) is 0 Å².